The Hall–Kier alpha value is -0.520. The summed E-state index contributed by atoms with van der Waals surface area (Å²) < 4.78 is 25.6. The van der Waals surface area contributed by atoms with Gasteiger partial charge in [-0.25, -0.2) is 8.78 Å². The molecule has 2 nitrogen and oxygen atoms in total. The molecule has 72 valence electrons. The molecule has 1 rings (SSSR count). The van der Waals surface area contributed by atoms with Crippen molar-refractivity contribution in [2.24, 2.45) is 5.73 Å². The number of rotatable bonds is 2. The Morgan fingerprint density at radius 3 is 2.62 bits per heavy atom. The van der Waals surface area contributed by atoms with Crippen molar-refractivity contribution in [2.45, 2.75) is 6.10 Å². The van der Waals surface area contributed by atoms with Crippen LogP contribution in [-0.2, 0) is 0 Å². The lowest BCUT2D eigenvalue weighted by Gasteiger charge is -2.10. The fourth-order valence-electron chi connectivity index (χ4n) is 0.925. The first-order chi connectivity index (χ1) is 6.07. The van der Waals surface area contributed by atoms with Crippen LogP contribution in [0.2, 0.25) is 0 Å². The highest BCUT2D eigenvalue weighted by atomic mass is 79.9. The van der Waals surface area contributed by atoms with E-state index in [4.69, 9.17) is 5.73 Å². The second kappa shape index (κ2) is 4.13. The molecular formula is C8H8BrF2NO. The smallest absolute Gasteiger partial charge is 0.146 e. The first-order valence-electron chi connectivity index (χ1n) is 3.59. The minimum atomic E-state index is -1.10. The summed E-state index contributed by atoms with van der Waals surface area (Å²) in [4.78, 5) is 0. The highest BCUT2D eigenvalue weighted by Crippen LogP contribution is 2.25. The van der Waals surface area contributed by atoms with Crippen molar-refractivity contribution >= 4 is 15.9 Å². The molecule has 0 bridgehead atoms. The molecule has 0 aliphatic heterocycles. The zero-order chi connectivity index (χ0) is 10.0. The van der Waals surface area contributed by atoms with Gasteiger partial charge in [-0.05, 0) is 22.0 Å². The molecule has 1 atom stereocenters. The predicted molar refractivity (Wildman–Crippen MR) is 48.1 cm³/mol. The summed E-state index contributed by atoms with van der Waals surface area (Å²) in [6.45, 7) is -0.102. The topological polar surface area (TPSA) is 46.2 Å². The first kappa shape index (κ1) is 10.6. The van der Waals surface area contributed by atoms with Crippen LogP contribution in [0.25, 0.3) is 0 Å². The molecule has 1 aromatic carbocycles. The Kier molecular flexibility index (Phi) is 3.35. The summed E-state index contributed by atoms with van der Waals surface area (Å²) in [6, 6.07) is 2.24. The van der Waals surface area contributed by atoms with E-state index in [0.717, 1.165) is 6.07 Å². The van der Waals surface area contributed by atoms with Crippen LogP contribution in [0.3, 0.4) is 0 Å². The molecule has 0 amide bonds. The fraction of sp³-hybridized carbons (Fsp3) is 0.250. The van der Waals surface area contributed by atoms with Crippen LogP contribution < -0.4 is 5.73 Å². The molecule has 5 heteroatoms. The SMILES string of the molecule is NCC(O)c1ccc(F)c(Br)c1F. The Bertz CT molecular complexity index is 319. The van der Waals surface area contributed by atoms with Crippen molar-refractivity contribution < 1.29 is 13.9 Å². The molecule has 0 heterocycles. The molecule has 0 aliphatic carbocycles. The van der Waals surface area contributed by atoms with Crippen LogP contribution in [0.15, 0.2) is 16.6 Å². The van der Waals surface area contributed by atoms with Crippen molar-refractivity contribution in [3.63, 3.8) is 0 Å². The number of hydrogen-bond acceptors (Lipinski definition) is 2. The van der Waals surface area contributed by atoms with Crippen molar-refractivity contribution in [3.8, 4) is 0 Å². The van der Waals surface area contributed by atoms with E-state index in [9.17, 15) is 13.9 Å². The lowest BCUT2D eigenvalue weighted by Crippen LogP contribution is -2.13. The third kappa shape index (κ3) is 2.04. The first-order valence-corrected chi connectivity index (χ1v) is 4.38. The van der Waals surface area contributed by atoms with Gasteiger partial charge < -0.3 is 10.8 Å². The Morgan fingerprint density at radius 2 is 2.08 bits per heavy atom. The third-order valence-corrected chi connectivity index (χ3v) is 2.37. The van der Waals surface area contributed by atoms with Crippen molar-refractivity contribution in [3.05, 3.63) is 33.8 Å². The number of hydrogen-bond donors (Lipinski definition) is 2. The number of halogens is 3. The molecule has 13 heavy (non-hydrogen) atoms. The van der Waals surface area contributed by atoms with Gasteiger partial charge in [0.05, 0.1) is 10.6 Å². The number of benzene rings is 1. The maximum atomic E-state index is 13.2. The van der Waals surface area contributed by atoms with Crippen LogP contribution in [0.1, 0.15) is 11.7 Å². The van der Waals surface area contributed by atoms with E-state index in [-0.39, 0.29) is 16.6 Å². The highest BCUT2D eigenvalue weighted by molar-refractivity contribution is 9.10. The van der Waals surface area contributed by atoms with Gasteiger partial charge in [-0.15, -0.1) is 0 Å². The fourth-order valence-corrected chi connectivity index (χ4v) is 1.29. The standard InChI is InChI=1S/C8H8BrF2NO/c9-7-5(10)2-1-4(8(7)11)6(13)3-12/h1-2,6,13H,3,12H2. The number of aliphatic hydroxyl groups excluding tert-OH is 1. The maximum absolute atomic E-state index is 13.2. The van der Waals surface area contributed by atoms with Gasteiger partial charge in [-0.1, -0.05) is 6.07 Å². The monoisotopic (exact) mass is 251 g/mol. The van der Waals surface area contributed by atoms with E-state index in [1.54, 1.807) is 0 Å². The summed E-state index contributed by atoms with van der Waals surface area (Å²) in [5, 5.41) is 9.22. The molecular weight excluding hydrogens is 244 g/mol. The van der Waals surface area contributed by atoms with E-state index in [1.807, 2.05) is 0 Å². The summed E-state index contributed by atoms with van der Waals surface area (Å²) in [6.07, 6.45) is -1.10. The minimum Gasteiger partial charge on any atom is -0.387 e. The van der Waals surface area contributed by atoms with E-state index in [0.29, 0.717) is 0 Å². The lowest BCUT2D eigenvalue weighted by molar-refractivity contribution is 0.181. The van der Waals surface area contributed by atoms with Crippen LogP contribution in [0.5, 0.6) is 0 Å². The zero-order valence-corrected chi connectivity index (χ0v) is 8.18. The molecule has 0 spiro atoms. The Balaban J connectivity index is 3.18. The Labute approximate surface area is 82.5 Å². The molecule has 1 aromatic rings. The number of nitrogens with two attached hydrogens (primary N) is 1. The van der Waals surface area contributed by atoms with Gasteiger partial charge in [0.2, 0.25) is 0 Å². The van der Waals surface area contributed by atoms with Crippen molar-refractivity contribution in [2.75, 3.05) is 6.54 Å². The summed E-state index contributed by atoms with van der Waals surface area (Å²) in [5.74, 6) is -1.51. The maximum Gasteiger partial charge on any atom is 0.146 e. The average molecular weight is 252 g/mol. The van der Waals surface area contributed by atoms with Gasteiger partial charge >= 0.3 is 0 Å². The molecule has 0 fully saturated rings. The van der Waals surface area contributed by atoms with Gasteiger partial charge in [-0.3, -0.25) is 0 Å². The molecule has 0 saturated heterocycles. The van der Waals surface area contributed by atoms with Gasteiger partial charge in [0, 0.05) is 12.1 Å². The largest absolute Gasteiger partial charge is 0.387 e. The van der Waals surface area contributed by atoms with Gasteiger partial charge in [0.15, 0.2) is 0 Å². The molecule has 0 saturated carbocycles. The molecule has 0 aromatic heterocycles. The summed E-state index contributed by atoms with van der Waals surface area (Å²) in [5.41, 5.74) is 5.13. The second-order valence-corrected chi connectivity index (χ2v) is 3.31. The van der Waals surface area contributed by atoms with Crippen LogP contribution in [0, 0.1) is 11.6 Å². The second-order valence-electron chi connectivity index (χ2n) is 2.52. The average Bonchev–Trinajstić information content (AvgIpc) is 2.13. The van der Waals surface area contributed by atoms with E-state index < -0.39 is 17.7 Å². The highest BCUT2D eigenvalue weighted by Gasteiger charge is 2.16. The van der Waals surface area contributed by atoms with E-state index in [1.165, 1.54) is 6.07 Å². The van der Waals surface area contributed by atoms with Gasteiger partial charge in [0.1, 0.15) is 11.6 Å². The molecule has 3 N–H and O–H groups in total. The normalized spacial score (nSPS) is 13.0. The molecule has 1 unspecified atom stereocenters. The van der Waals surface area contributed by atoms with Crippen molar-refractivity contribution in [1.29, 1.82) is 0 Å². The van der Waals surface area contributed by atoms with Crippen LogP contribution in [0.4, 0.5) is 8.78 Å². The minimum absolute atomic E-state index is 0.00391. The van der Waals surface area contributed by atoms with Crippen LogP contribution in [-0.4, -0.2) is 11.7 Å². The lowest BCUT2D eigenvalue weighted by atomic mass is 10.1. The van der Waals surface area contributed by atoms with Crippen molar-refractivity contribution in [1.82, 2.24) is 0 Å². The van der Waals surface area contributed by atoms with E-state index >= 15 is 0 Å². The van der Waals surface area contributed by atoms with Gasteiger partial charge in [0.25, 0.3) is 0 Å². The number of aliphatic hydroxyl groups is 1. The third-order valence-electron chi connectivity index (χ3n) is 1.65. The molecule has 0 radical (unpaired) electrons. The zero-order valence-electron chi connectivity index (χ0n) is 6.60. The predicted octanol–water partition coefficient (Wildman–Crippen LogP) is 1.72. The summed E-state index contributed by atoms with van der Waals surface area (Å²) >= 11 is 2.73. The van der Waals surface area contributed by atoms with Gasteiger partial charge in [-0.2, -0.15) is 0 Å². The summed E-state index contributed by atoms with van der Waals surface area (Å²) in [7, 11) is 0. The van der Waals surface area contributed by atoms with Crippen LogP contribution >= 0.6 is 15.9 Å². The van der Waals surface area contributed by atoms with E-state index in [2.05, 4.69) is 15.9 Å². The quantitative estimate of drug-likeness (QED) is 0.787. The Morgan fingerprint density at radius 1 is 1.46 bits per heavy atom. The molecule has 0 aliphatic rings.